The minimum Gasteiger partial charge on any atom is -0.384 e. The molecule has 1 fully saturated rings. The summed E-state index contributed by atoms with van der Waals surface area (Å²) in [5, 5.41) is 2.77. The van der Waals surface area contributed by atoms with Gasteiger partial charge in [0.2, 0.25) is 0 Å². The number of aromatic nitrogens is 1. The van der Waals surface area contributed by atoms with Gasteiger partial charge in [-0.2, -0.15) is 0 Å². The molecular weight excluding hydrogens is 296 g/mol. The van der Waals surface area contributed by atoms with Crippen LogP contribution >= 0.6 is 11.3 Å². The van der Waals surface area contributed by atoms with Gasteiger partial charge in [-0.25, -0.2) is 4.98 Å². The Balaban J connectivity index is 1.65. The summed E-state index contributed by atoms with van der Waals surface area (Å²) in [6, 6.07) is 9.98. The van der Waals surface area contributed by atoms with E-state index in [9.17, 15) is 4.79 Å². The quantitative estimate of drug-likeness (QED) is 0.869. The van der Waals surface area contributed by atoms with Crippen LogP contribution in [0.5, 0.6) is 0 Å². The Hall–Kier alpha value is -1.72. The molecule has 2 aromatic rings. The van der Waals surface area contributed by atoms with E-state index in [4.69, 9.17) is 4.74 Å². The van der Waals surface area contributed by atoms with E-state index in [-0.39, 0.29) is 5.91 Å². The number of ether oxygens (including phenoxy) is 1. The predicted octanol–water partition coefficient (Wildman–Crippen LogP) is 3.31. The summed E-state index contributed by atoms with van der Waals surface area (Å²) < 4.78 is 5.20. The van der Waals surface area contributed by atoms with Crippen LogP contribution in [0, 0.1) is 5.92 Å². The van der Waals surface area contributed by atoms with E-state index in [1.54, 1.807) is 7.11 Å². The highest BCUT2D eigenvalue weighted by Crippen LogP contribution is 2.25. The number of likely N-dealkylation sites (tertiary alicyclic amines) is 1. The molecule has 0 atom stereocenters. The number of piperidine rings is 1. The van der Waals surface area contributed by atoms with E-state index in [1.165, 1.54) is 11.3 Å². The molecule has 0 radical (unpaired) electrons. The highest BCUT2D eigenvalue weighted by molar-refractivity contribution is 7.13. The molecule has 1 aliphatic heterocycles. The van der Waals surface area contributed by atoms with Gasteiger partial charge in [0.1, 0.15) is 10.7 Å². The van der Waals surface area contributed by atoms with Crippen LogP contribution in [0.3, 0.4) is 0 Å². The first kappa shape index (κ1) is 15.2. The summed E-state index contributed by atoms with van der Waals surface area (Å²) in [5.41, 5.74) is 1.62. The standard InChI is InChI=1S/C17H20N2O2S/c1-21-11-13-7-9-19(10-8-13)17(20)15-12-22-16(18-15)14-5-3-2-4-6-14/h2-6,12-13H,7-11H2,1H3. The van der Waals surface area contributed by atoms with Gasteiger partial charge in [-0.1, -0.05) is 30.3 Å². The van der Waals surface area contributed by atoms with Crippen LogP contribution in [0.25, 0.3) is 10.6 Å². The second kappa shape index (κ2) is 7.03. The maximum atomic E-state index is 12.5. The molecule has 1 aromatic heterocycles. The Bertz CT molecular complexity index is 619. The molecular formula is C17H20N2O2S. The van der Waals surface area contributed by atoms with Crippen LogP contribution in [0.4, 0.5) is 0 Å². The molecule has 0 unspecified atom stereocenters. The zero-order valence-corrected chi connectivity index (χ0v) is 13.5. The average molecular weight is 316 g/mol. The molecule has 0 spiro atoms. The Morgan fingerprint density at radius 1 is 1.32 bits per heavy atom. The smallest absolute Gasteiger partial charge is 0.273 e. The van der Waals surface area contributed by atoms with Crippen LogP contribution in [0.1, 0.15) is 23.3 Å². The lowest BCUT2D eigenvalue weighted by Gasteiger charge is -2.31. The molecule has 1 amide bonds. The fourth-order valence-electron chi connectivity index (χ4n) is 2.79. The second-order valence-corrected chi connectivity index (χ2v) is 6.45. The molecule has 0 aliphatic carbocycles. The lowest BCUT2D eigenvalue weighted by molar-refractivity contribution is 0.0609. The van der Waals surface area contributed by atoms with E-state index in [1.807, 2.05) is 40.6 Å². The Morgan fingerprint density at radius 3 is 2.73 bits per heavy atom. The van der Waals surface area contributed by atoms with Crippen LogP contribution < -0.4 is 0 Å². The van der Waals surface area contributed by atoms with Crippen molar-refractivity contribution in [1.82, 2.24) is 9.88 Å². The SMILES string of the molecule is COCC1CCN(C(=O)c2csc(-c3ccccc3)n2)CC1. The second-order valence-electron chi connectivity index (χ2n) is 5.59. The lowest BCUT2D eigenvalue weighted by atomic mass is 9.98. The van der Waals surface area contributed by atoms with E-state index < -0.39 is 0 Å². The highest BCUT2D eigenvalue weighted by Gasteiger charge is 2.25. The summed E-state index contributed by atoms with van der Waals surface area (Å²) in [6.45, 7) is 2.38. The van der Waals surface area contributed by atoms with Gasteiger partial charge in [0.25, 0.3) is 5.91 Å². The van der Waals surface area contributed by atoms with Crippen LogP contribution in [-0.4, -0.2) is 42.6 Å². The molecule has 3 rings (SSSR count). The van der Waals surface area contributed by atoms with Gasteiger partial charge in [-0.05, 0) is 18.8 Å². The molecule has 22 heavy (non-hydrogen) atoms. The molecule has 1 aromatic carbocycles. The number of amides is 1. The Morgan fingerprint density at radius 2 is 2.05 bits per heavy atom. The first-order valence-electron chi connectivity index (χ1n) is 7.57. The van der Waals surface area contributed by atoms with Crippen molar-refractivity contribution >= 4 is 17.2 Å². The monoisotopic (exact) mass is 316 g/mol. The molecule has 4 nitrogen and oxygen atoms in total. The first-order valence-corrected chi connectivity index (χ1v) is 8.45. The summed E-state index contributed by atoms with van der Waals surface area (Å²) in [4.78, 5) is 19.0. The normalized spacial score (nSPS) is 16.0. The zero-order chi connectivity index (χ0) is 15.4. The minimum atomic E-state index is 0.0503. The van der Waals surface area contributed by atoms with Gasteiger partial charge in [0.05, 0.1) is 0 Å². The van der Waals surface area contributed by atoms with Crippen molar-refractivity contribution in [2.24, 2.45) is 5.92 Å². The van der Waals surface area contributed by atoms with Crippen LogP contribution in [0.2, 0.25) is 0 Å². The van der Waals surface area contributed by atoms with E-state index >= 15 is 0 Å². The summed E-state index contributed by atoms with van der Waals surface area (Å²) >= 11 is 1.53. The number of methoxy groups -OCH3 is 1. The number of carbonyl (C=O) groups is 1. The third-order valence-electron chi connectivity index (χ3n) is 4.05. The fraction of sp³-hybridized carbons (Fsp3) is 0.412. The number of hydrogen-bond donors (Lipinski definition) is 0. The first-order chi connectivity index (χ1) is 10.8. The van der Waals surface area contributed by atoms with E-state index in [0.717, 1.165) is 43.1 Å². The van der Waals surface area contributed by atoms with Crippen molar-refractivity contribution in [3.05, 3.63) is 41.4 Å². The van der Waals surface area contributed by atoms with Crippen LogP contribution in [0.15, 0.2) is 35.7 Å². The van der Waals surface area contributed by atoms with Crippen molar-refractivity contribution < 1.29 is 9.53 Å². The van der Waals surface area contributed by atoms with Crippen molar-refractivity contribution in [2.75, 3.05) is 26.8 Å². The maximum Gasteiger partial charge on any atom is 0.273 e. The van der Waals surface area contributed by atoms with Crippen molar-refractivity contribution in [3.63, 3.8) is 0 Å². The number of hydrogen-bond acceptors (Lipinski definition) is 4. The molecule has 1 aliphatic rings. The largest absolute Gasteiger partial charge is 0.384 e. The van der Waals surface area contributed by atoms with Gasteiger partial charge >= 0.3 is 0 Å². The molecule has 5 heteroatoms. The molecule has 1 saturated heterocycles. The van der Waals surface area contributed by atoms with Crippen molar-refractivity contribution in [3.8, 4) is 10.6 Å². The molecule has 0 saturated carbocycles. The maximum absolute atomic E-state index is 12.5. The number of rotatable bonds is 4. The zero-order valence-electron chi connectivity index (χ0n) is 12.7. The van der Waals surface area contributed by atoms with E-state index in [0.29, 0.717) is 11.6 Å². The highest BCUT2D eigenvalue weighted by atomic mass is 32.1. The minimum absolute atomic E-state index is 0.0503. The molecule has 0 N–H and O–H groups in total. The van der Waals surface area contributed by atoms with Gasteiger partial charge in [-0.3, -0.25) is 4.79 Å². The van der Waals surface area contributed by atoms with Gasteiger partial charge in [0.15, 0.2) is 0 Å². The van der Waals surface area contributed by atoms with Gasteiger partial charge in [0, 0.05) is 37.7 Å². The number of nitrogens with zero attached hydrogens (tertiary/aromatic N) is 2. The number of carbonyl (C=O) groups excluding carboxylic acids is 1. The fourth-order valence-corrected chi connectivity index (χ4v) is 3.59. The van der Waals surface area contributed by atoms with Crippen molar-refractivity contribution in [1.29, 1.82) is 0 Å². The number of thiazole rings is 1. The summed E-state index contributed by atoms with van der Waals surface area (Å²) in [5.74, 6) is 0.624. The third-order valence-corrected chi connectivity index (χ3v) is 4.94. The molecule has 2 heterocycles. The number of benzene rings is 1. The Labute approximate surface area is 134 Å². The Kier molecular flexibility index (Phi) is 4.85. The molecule has 0 bridgehead atoms. The average Bonchev–Trinajstić information content (AvgIpc) is 3.06. The van der Waals surface area contributed by atoms with Gasteiger partial charge < -0.3 is 9.64 Å². The van der Waals surface area contributed by atoms with Gasteiger partial charge in [-0.15, -0.1) is 11.3 Å². The van der Waals surface area contributed by atoms with Crippen LogP contribution in [-0.2, 0) is 4.74 Å². The summed E-state index contributed by atoms with van der Waals surface area (Å²) in [7, 11) is 1.73. The predicted molar refractivity (Wildman–Crippen MR) is 88.1 cm³/mol. The van der Waals surface area contributed by atoms with Crippen molar-refractivity contribution in [2.45, 2.75) is 12.8 Å². The summed E-state index contributed by atoms with van der Waals surface area (Å²) in [6.07, 6.45) is 2.02. The molecule has 116 valence electrons. The topological polar surface area (TPSA) is 42.4 Å². The lowest BCUT2D eigenvalue weighted by Crippen LogP contribution is -2.39. The third kappa shape index (κ3) is 3.36. The van der Waals surface area contributed by atoms with E-state index in [2.05, 4.69) is 4.98 Å².